The summed E-state index contributed by atoms with van der Waals surface area (Å²) < 4.78 is 27.9. The van der Waals surface area contributed by atoms with Gasteiger partial charge in [0.25, 0.3) is 10.0 Å². The number of rotatable bonds is 2. The first-order valence-corrected chi connectivity index (χ1v) is 9.51. The summed E-state index contributed by atoms with van der Waals surface area (Å²) >= 11 is 4.45. The molecule has 0 aliphatic carbocycles. The molecule has 2 aromatic rings. The number of carbonyl (C=O) groups is 1. The number of carbonyl (C=O) groups excluding carboxylic acids is 1. The lowest BCUT2D eigenvalue weighted by atomic mass is 10.1. The van der Waals surface area contributed by atoms with Crippen molar-refractivity contribution in [2.45, 2.75) is 17.1 Å². The SMILES string of the molecule is O=C1CCCN(S(=O)(=O)c2sccc2Br)c2ccccc21. The predicted octanol–water partition coefficient (Wildman–Crippen LogP) is 3.68. The second-order valence-electron chi connectivity index (χ2n) is 4.68. The highest BCUT2D eigenvalue weighted by Crippen LogP contribution is 2.35. The van der Waals surface area contributed by atoms with Crippen molar-refractivity contribution < 1.29 is 13.2 Å². The fourth-order valence-electron chi connectivity index (χ4n) is 2.38. The third kappa shape index (κ3) is 2.54. The maximum Gasteiger partial charge on any atom is 0.274 e. The molecule has 0 N–H and O–H groups in total. The number of hydrogen-bond acceptors (Lipinski definition) is 4. The van der Waals surface area contributed by atoms with Gasteiger partial charge >= 0.3 is 0 Å². The monoisotopic (exact) mass is 385 g/mol. The lowest BCUT2D eigenvalue weighted by Gasteiger charge is -2.23. The van der Waals surface area contributed by atoms with Crippen molar-refractivity contribution in [3.63, 3.8) is 0 Å². The van der Waals surface area contributed by atoms with Crippen LogP contribution < -0.4 is 4.31 Å². The molecule has 0 saturated heterocycles. The Hall–Kier alpha value is -1.18. The van der Waals surface area contributed by atoms with Gasteiger partial charge in [0.05, 0.1) is 5.69 Å². The second-order valence-corrected chi connectivity index (χ2v) is 8.51. The quantitative estimate of drug-likeness (QED) is 0.791. The fourth-order valence-corrected chi connectivity index (χ4v) is 6.31. The van der Waals surface area contributed by atoms with Crippen LogP contribution in [0.5, 0.6) is 0 Å². The molecule has 1 aliphatic rings. The highest BCUT2D eigenvalue weighted by molar-refractivity contribution is 9.10. The van der Waals surface area contributed by atoms with E-state index in [4.69, 9.17) is 0 Å². The molecule has 0 saturated carbocycles. The molecule has 1 aromatic heterocycles. The third-order valence-electron chi connectivity index (χ3n) is 3.35. The Morgan fingerprint density at radius 3 is 2.67 bits per heavy atom. The summed E-state index contributed by atoms with van der Waals surface area (Å²) in [5, 5.41) is 1.73. The third-order valence-corrected chi connectivity index (χ3v) is 7.81. The maximum atomic E-state index is 12.9. The predicted molar refractivity (Wildman–Crippen MR) is 86.6 cm³/mol. The minimum Gasteiger partial charge on any atom is -0.294 e. The Kier molecular flexibility index (Phi) is 3.90. The van der Waals surface area contributed by atoms with Crippen LogP contribution in [-0.4, -0.2) is 20.7 Å². The van der Waals surface area contributed by atoms with Gasteiger partial charge in [-0.2, -0.15) is 0 Å². The normalized spacial score (nSPS) is 15.7. The largest absolute Gasteiger partial charge is 0.294 e. The molecule has 1 aromatic carbocycles. The summed E-state index contributed by atoms with van der Waals surface area (Å²) in [4.78, 5) is 12.1. The molecule has 0 spiro atoms. The number of thiophene rings is 1. The van der Waals surface area contributed by atoms with Crippen LogP contribution in [0.4, 0.5) is 5.69 Å². The van der Waals surface area contributed by atoms with Crippen molar-refractivity contribution >= 4 is 48.8 Å². The van der Waals surface area contributed by atoms with E-state index in [1.54, 1.807) is 35.7 Å². The summed E-state index contributed by atoms with van der Waals surface area (Å²) in [6.45, 7) is 0.315. The molecule has 21 heavy (non-hydrogen) atoms. The zero-order valence-corrected chi connectivity index (χ0v) is 14.2. The van der Waals surface area contributed by atoms with Crippen LogP contribution in [-0.2, 0) is 10.0 Å². The molecule has 4 nitrogen and oxygen atoms in total. The number of Topliss-reactive ketones (excluding diaryl/α,β-unsaturated/α-hetero) is 1. The van der Waals surface area contributed by atoms with Crippen LogP contribution in [0.1, 0.15) is 23.2 Å². The molecule has 0 unspecified atom stereocenters. The van der Waals surface area contributed by atoms with Gasteiger partial charge in [0.2, 0.25) is 0 Å². The van der Waals surface area contributed by atoms with Crippen LogP contribution in [0.2, 0.25) is 0 Å². The Balaban J connectivity index is 2.17. The van der Waals surface area contributed by atoms with Gasteiger partial charge < -0.3 is 0 Å². The number of ketones is 1. The van der Waals surface area contributed by atoms with Crippen LogP contribution in [0.25, 0.3) is 0 Å². The van der Waals surface area contributed by atoms with E-state index in [-0.39, 0.29) is 9.99 Å². The average molecular weight is 386 g/mol. The smallest absolute Gasteiger partial charge is 0.274 e. The lowest BCUT2D eigenvalue weighted by molar-refractivity contribution is 0.0984. The van der Waals surface area contributed by atoms with Crippen LogP contribution >= 0.6 is 27.3 Å². The zero-order valence-electron chi connectivity index (χ0n) is 11.0. The first-order valence-electron chi connectivity index (χ1n) is 6.40. The molecule has 2 heterocycles. The Labute approximate surface area is 135 Å². The van der Waals surface area contributed by atoms with Crippen molar-refractivity contribution in [2.24, 2.45) is 0 Å². The molecule has 0 fully saturated rings. The van der Waals surface area contributed by atoms with Crippen LogP contribution in [0.15, 0.2) is 44.4 Å². The number of halogens is 1. The number of para-hydroxylation sites is 1. The topological polar surface area (TPSA) is 54.5 Å². The van der Waals surface area contributed by atoms with Gasteiger partial charge in [-0.25, -0.2) is 8.42 Å². The molecule has 3 rings (SSSR count). The van der Waals surface area contributed by atoms with E-state index in [1.165, 1.54) is 15.6 Å². The van der Waals surface area contributed by atoms with E-state index in [1.807, 2.05) is 0 Å². The number of anilines is 1. The van der Waals surface area contributed by atoms with Crippen molar-refractivity contribution in [1.82, 2.24) is 0 Å². The summed E-state index contributed by atoms with van der Waals surface area (Å²) in [6, 6.07) is 8.61. The Morgan fingerprint density at radius 2 is 1.95 bits per heavy atom. The van der Waals surface area contributed by atoms with Crippen molar-refractivity contribution in [3.8, 4) is 0 Å². The van der Waals surface area contributed by atoms with Gasteiger partial charge in [-0.15, -0.1) is 11.3 Å². The average Bonchev–Trinajstić information content (AvgIpc) is 2.82. The van der Waals surface area contributed by atoms with E-state index in [0.717, 1.165) is 0 Å². The standard InChI is InChI=1S/C14H12BrNO3S2/c15-11-7-9-20-14(11)21(18,19)16-8-3-6-13(17)10-4-1-2-5-12(10)16/h1-2,4-5,7,9H,3,6,8H2. The van der Waals surface area contributed by atoms with Crippen molar-refractivity contribution in [1.29, 1.82) is 0 Å². The van der Waals surface area contributed by atoms with Gasteiger partial charge in [0, 0.05) is 23.0 Å². The summed E-state index contributed by atoms with van der Waals surface area (Å²) in [5.74, 6) is -0.00598. The van der Waals surface area contributed by atoms with E-state index in [9.17, 15) is 13.2 Å². The highest BCUT2D eigenvalue weighted by atomic mass is 79.9. The number of sulfonamides is 1. The van der Waals surface area contributed by atoms with Gasteiger partial charge in [0.1, 0.15) is 0 Å². The van der Waals surface area contributed by atoms with E-state index < -0.39 is 10.0 Å². The van der Waals surface area contributed by atoms with E-state index >= 15 is 0 Å². The molecule has 110 valence electrons. The minimum atomic E-state index is -3.66. The number of hydrogen-bond donors (Lipinski definition) is 0. The number of benzene rings is 1. The van der Waals surface area contributed by atoms with E-state index in [2.05, 4.69) is 15.9 Å². The van der Waals surface area contributed by atoms with Crippen LogP contribution in [0.3, 0.4) is 0 Å². The summed E-state index contributed by atoms with van der Waals surface area (Å²) in [5.41, 5.74) is 0.951. The number of nitrogens with zero attached hydrogens (tertiary/aromatic N) is 1. The van der Waals surface area contributed by atoms with Gasteiger partial charge in [-0.05, 0) is 45.9 Å². The maximum absolute atomic E-state index is 12.9. The second kappa shape index (κ2) is 5.55. The Bertz CT molecular complexity index is 798. The van der Waals surface area contributed by atoms with Gasteiger partial charge in [0.15, 0.2) is 9.99 Å². The first kappa shape index (κ1) is 14.7. The first-order chi connectivity index (χ1) is 10.0. The van der Waals surface area contributed by atoms with Gasteiger partial charge in [-0.1, -0.05) is 12.1 Å². The summed E-state index contributed by atoms with van der Waals surface area (Å²) in [6.07, 6.45) is 0.893. The summed E-state index contributed by atoms with van der Waals surface area (Å²) in [7, 11) is -3.66. The molecule has 0 radical (unpaired) electrons. The molecule has 0 bridgehead atoms. The number of fused-ring (bicyclic) bond motifs is 1. The van der Waals surface area contributed by atoms with Crippen molar-refractivity contribution in [3.05, 3.63) is 45.7 Å². The Morgan fingerprint density at radius 1 is 1.19 bits per heavy atom. The molecular weight excluding hydrogens is 374 g/mol. The molecular formula is C14H12BrNO3S2. The van der Waals surface area contributed by atoms with Crippen molar-refractivity contribution in [2.75, 3.05) is 10.8 Å². The fraction of sp³-hybridized carbons (Fsp3) is 0.214. The highest BCUT2D eigenvalue weighted by Gasteiger charge is 2.32. The lowest BCUT2D eigenvalue weighted by Crippen LogP contribution is -2.31. The van der Waals surface area contributed by atoms with Crippen LogP contribution in [0, 0.1) is 0 Å². The minimum absolute atomic E-state index is 0.00598. The molecule has 7 heteroatoms. The molecule has 0 amide bonds. The van der Waals surface area contributed by atoms with Gasteiger partial charge in [-0.3, -0.25) is 9.10 Å². The molecule has 1 aliphatic heterocycles. The van der Waals surface area contributed by atoms with E-state index in [0.29, 0.717) is 35.1 Å². The molecule has 0 atom stereocenters. The zero-order chi connectivity index (χ0) is 15.0.